The Labute approximate surface area is 223 Å². The summed E-state index contributed by atoms with van der Waals surface area (Å²) in [6, 6.07) is 20.8. The molecule has 0 saturated carbocycles. The Kier molecular flexibility index (Phi) is 9.35. The van der Waals surface area contributed by atoms with Crippen molar-refractivity contribution in [1.29, 1.82) is 0 Å². The van der Waals surface area contributed by atoms with Crippen molar-refractivity contribution in [1.82, 2.24) is 10.2 Å². The van der Waals surface area contributed by atoms with E-state index in [1.165, 1.54) is 11.0 Å². The first-order valence-electron chi connectivity index (χ1n) is 13.2. The minimum Gasteiger partial charge on any atom is -0.486 e. The first kappa shape index (κ1) is 27.2. The van der Waals surface area contributed by atoms with Gasteiger partial charge in [-0.3, -0.25) is 9.59 Å². The zero-order valence-corrected chi connectivity index (χ0v) is 22.0. The second-order valence-electron chi connectivity index (χ2n) is 9.61. The molecule has 4 rings (SSSR count). The van der Waals surface area contributed by atoms with E-state index in [4.69, 9.17) is 9.47 Å². The summed E-state index contributed by atoms with van der Waals surface area (Å²) < 4.78 is 26.0. The van der Waals surface area contributed by atoms with Crippen LogP contribution in [0, 0.1) is 5.82 Å². The quantitative estimate of drug-likeness (QED) is 0.384. The lowest BCUT2D eigenvalue weighted by Gasteiger charge is -2.32. The Morgan fingerprint density at radius 3 is 2.39 bits per heavy atom. The van der Waals surface area contributed by atoms with Gasteiger partial charge in [0.2, 0.25) is 11.8 Å². The van der Waals surface area contributed by atoms with Crippen LogP contribution in [-0.2, 0) is 29.0 Å². The standard InChI is InChI=1S/C31H35FN2O4/c1-3-22(2)33-31(36)27(19-23-9-5-4-6-10-23)34(21-25-11-7-8-12-26(25)32)30(35)16-14-24-13-15-28-29(20-24)38-18-17-37-28/h4-13,15,20,22,27H,3,14,16-19,21H2,1-2H3,(H,33,36)/t22-,27-/m0/s1. The van der Waals surface area contributed by atoms with Crippen LogP contribution < -0.4 is 14.8 Å². The number of halogens is 1. The molecule has 0 spiro atoms. The predicted octanol–water partition coefficient (Wildman–Crippen LogP) is 5.08. The fourth-order valence-corrected chi connectivity index (χ4v) is 4.44. The Hall–Kier alpha value is -3.87. The van der Waals surface area contributed by atoms with E-state index in [9.17, 15) is 14.0 Å². The number of carbonyl (C=O) groups is 2. The summed E-state index contributed by atoms with van der Waals surface area (Å²) in [5.41, 5.74) is 2.22. The van der Waals surface area contributed by atoms with Crippen molar-refractivity contribution >= 4 is 11.8 Å². The molecule has 0 saturated heterocycles. The monoisotopic (exact) mass is 518 g/mol. The van der Waals surface area contributed by atoms with Gasteiger partial charge in [0, 0.05) is 31.0 Å². The molecule has 38 heavy (non-hydrogen) atoms. The molecule has 3 aromatic rings. The van der Waals surface area contributed by atoms with Crippen LogP contribution in [0.1, 0.15) is 43.4 Å². The molecule has 0 bridgehead atoms. The molecule has 0 unspecified atom stereocenters. The van der Waals surface area contributed by atoms with Gasteiger partial charge in [-0.2, -0.15) is 0 Å². The van der Waals surface area contributed by atoms with Crippen molar-refractivity contribution in [2.45, 2.75) is 58.2 Å². The number of nitrogens with zero attached hydrogens (tertiary/aromatic N) is 1. The fraction of sp³-hybridized carbons (Fsp3) is 0.355. The summed E-state index contributed by atoms with van der Waals surface area (Å²) in [5, 5.41) is 3.04. The number of carbonyl (C=O) groups excluding carboxylic acids is 2. The zero-order valence-electron chi connectivity index (χ0n) is 22.0. The van der Waals surface area contributed by atoms with Crippen LogP contribution in [-0.4, -0.2) is 42.0 Å². The van der Waals surface area contributed by atoms with Crippen LogP contribution in [0.3, 0.4) is 0 Å². The highest BCUT2D eigenvalue weighted by atomic mass is 19.1. The second kappa shape index (κ2) is 13.1. The number of ether oxygens (including phenoxy) is 2. The lowest BCUT2D eigenvalue weighted by molar-refractivity contribution is -0.141. The van der Waals surface area contributed by atoms with E-state index in [-0.39, 0.29) is 30.8 Å². The van der Waals surface area contributed by atoms with Crippen molar-refractivity contribution in [3.8, 4) is 11.5 Å². The maximum absolute atomic E-state index is 14.7. The fourth-order valence-electron chi connectivity index (χ4n) is 4.44. The third-order valence-corrected chi connectivity index (χ3v) is 6.80. The van der Waals surface area contributed by atoms with Crippen molar-refractivity contribution in [3.05, 3.63) is 95.3 Å². The van der Waals surface area contributed by atoms with E-state index in [2.05, 4.69) is 5.32 Å². The molecule has 200 valence electrons. The second-order valence-corrected chi connectivity index (χ2v) is 9.61. The number of fused-ring (bicyclic) bond motifs is 1. The van der Waals surface area contributed by atoms with Crippen LogP contribution in [0.2, 0.25) is 0 Å². The molecule has 2 atom stereocenters. The maximum Gasteiger partial charge on any atom is 0.243 e. The van der Waals surface area contributed by atoms with Gasteiger partial charge in [-0.05, 0) is 49.1 Å². The summed E-state index contributed by atoms with van der Waals surface area (Å²) in [6.45, 7) is 4.92. The van der Waals surface area contributed by atoms with E-state index in [1.54, 1.807) is 18.2 Å². The molecular formula is C31H35FN2O4. The predicted molar refractivity (Wildman–Crippen MR) is 145 cm³/mol. The Balaban J connectivity index is 1.60. The highest BCUT2D eigenvalue weighted by Gasteiger charge is 2.31. The van der Waals surface area contributed by atoms with Gasteiger partial charge in [0.05, 0.1) is 0 Å². The Morgan fingerprint density at radius 2 is 1.66 bits per heavy atom. The number of amides is 2. The van der Waals surface area contributed by atoms with Crippen molar-refractivity contribution in [3.63, 3.8) is 0 Å². The van der Waals surface area contributed by atoms with E-state index in [1.807, 2.05) is 62.4 Å². The van der Waals surface area contributed by atoms with Gasteiger partial charge in [-0.15, -0.1) is 0 Å². The minimum atomic E-state index is -0.793. The number of benzene rings is 3. The molecule has 0 radical (unpaired) electrons. The van der Waals surface area contributed by atoms with Crippen LogP contribution in [0.25, 0.3) is 0 Å². The van der Waals surface area contributed by atoms with E-state index >= 15 is 0 Å². The number of hydrogen-bond acceptors (Lipinski definition) is 4. The van der Waals surface area contributed by atoms with Gasteiger partial charge in [0.1, 0.15) is 25.1 Å². The van der Waals surface area contributed by atoms with Crippen LogP contribution in [0.4, 0.5) is 4.39 Å². The molecule has 1 heterocycles. The molecule has 6 nitrogen and oxygen atoms in total. The molecule has 1 aliphatic rings. The average Bonchev–Trinajstić information content (AvgIpc) is 2.94. The van der Waals surface area contributed by atoms with Crippen LogP contribution >= 0.6 is 0 Å². The van der Waals surface area contributed by atoms with Crippen molar-refractivity contribution in [2.75, 3.05) is 13.2 Å². The number of aryl methyl sites for hydroxylation is 1. The molecule has 1 N–H and O–H groups in total. The lowest BCUT2D eigenvalue weighted by atomic mass is 10.0. The van der Waals surface area contributed by atoms with Crippen LogP contribution in [0.15, 0.2) is 72.8 Å². The van der Waals surface area contributed by atoms with Crippen molar-refractivity contribution < 1.29 is 23.5 Å². The van der Waals surface area contributed by atoms with E-state index < -0.39 is 11.9 Å². The number of hydrogen-bond donors (Lipinski definition) is 1. The lowest BCUT2D eigenvalue weighted by Crippen LogP contribution is -2.52. The Morgan fingerprint density at radius 1 is 0.947 bits per heavy atom. The number of rotatable bonds is 11. The SMILES string of the molecule is CC[C@H](C)NC(=O)[C@H](Cc1ccccc1)N(Cc1ccccc1F)C(=O)CCc1ccc2c(c1)OCCO2. The first-order valence-corrected chi connectivity index (χ1v) is 13.2. The summed E-state index contributed by atoms with van der Waals surface area (Å²) in [7, 11) is 0. The molecule has 0 fully saturated rings. The summed E-state index contributed by atoms with van der Waals surface area (Å²) in [4.78, 5) is 28.9. The average molecular weight is 519 g/mol. The molecule has 7 heteroatoms. The van der Waals surface area contributed by atoms with Gasteiger partial charge < -0.3 is 19.7 Å². The third kappa shape index (κ3) is 7.12. The first-order chi connectivity index (χ1) is 18.4. The summed E-state index contributed by atoms with van der Waals surface area (Å²) >= 11 is 0. The van der Waals surface area contributed by atoms with Gasteiger partial charge in [-0.1, -0.05) is 61.5 Å². The van der Waals surface area contributed by atoms with Gasteiger partial charge in [0.25, 0.3) is 0 Å². The normalized spacial score (nSPS) is 13.9. The van der Waals surface area contributed by atoms with E-state index in [0.29, 0.717) is 43.1 Å². The summed E-state index contributed by atoms with van der Waals surface area (Å²) in [5.74, 6) is 0.491. The van der Waals surface area contributed by atoms with Crippen LogP contribution in [0.5, 0.6) is 11.5 Å². The molecule has 0 aromatic heterocycles. The largest absolute Gasteiger partial charge is 0.486 e. The summed E-state index contributed by atoms with van der Waals surface area (Å²) in [6.07, 6.45) is 1.70. The van der Waals surface area contributed by atoms with Crippen molar-refractivity contribution in [2.24, 2.45) is 0 Å². The van der Waals surface area contributed by atoms with Gasteiger partial charge in [-0.25, -0.2) is 4.39 Å². The molecular weight excluding hydrogens is 483 g/mol. The highest BCUT2D eigenvalue weighted by molar-refractivity contribution is 5.88. The maximum atomic E-state index is 14.7. The van der Waals surface area contributed by atoms with Gasteiger partial charge in [0.15, 0.2) is 11.5 Å². The minimum absolute atomic E-state index is 0.00191. The molecule has 0 aliphatic carbocycles. The molecule has 3 aromatic carbocycles. The zero-order chi connectivity index (χ0) is 26.9. The smallest absolute Gasteiger partial charge is 0.243 e. The topological polar surface area (TPSA) is 67.9 Å². The van der Waals surface area contributed by atoms with Gasteiger partial charge >= 0.3 is 0 Å². The van der Waals surface area contributed by atoms with E-state index in [0.717, 1.165) is 17.5 Å². The highest BCUT2D eigenvalue weighted by Crippen LogP contribution is 2.31. The Bertz CT molecular complexity index is 1230. The molecule has 1 aliphatic heterocycles. The third-order valence-electron chi connectivity index (χ3n) is 6.80. The number of nitrogens with one attached hydrogen (secondary N) is 1. The molecule has 2 amide bonds.